The molecule has 1 aromatic carbocycles. The number of hydrogen-bond acceptors (Lipinski definition) is 6. The molecule has 33 heavy (non-hydrogen) atoms. The molecule has 0 aliphatic carbocycles. The molecule has 4 rings (SSSR count). The molecule has 0 saturated heterocycles. The van der Waals surface area contributed by atoms with Crippen LogP contribution in [0, 0.1) is 6.92 Å². The van der Waals surface area contributed by atoms with Crippen molar-refractivity contribution in [1.29, 1.82) is 0 Å². The van der Waals surface area contributed by atoms with Crippen LogP contribution in [0.4, 0.5) is 5.82 Å². The highest BCUT2D eigenvalue weighted by atomic mass is 16.4. The Morgan fingerprint density at radius 2 is 2.00 bits per heavy atom. The molecule has 0 atom stereocenters. The van der Waals surface area contributed by atoms with Crippen molar-refractivity contribution in [3.05, 3.63) is 71.4 Å². The van der Waals surface area contributed by atoms with Crippen molar-refractivity contribution in [1.82, 2.24) is 24.8 Å². The van der Waals surface area contributed by atoms with Crippen LogP contribution < -0.4 is 10.6 Å². The van der Waals surface area contributed by atoms with E-state index < -0.39 is 5.97 Å². The van der Waals surface area contributed by atoms with Gasteiger partial charge in [-0.1, -0.05) is 6.07 Å². The molecule has 0 saturated carbocycles. The van der Waals surface area contributed by atoms with Crippen LogP contribution in [0.1, 0.15) is 38.7 Å². The van der Waals surface area contributed by atoms with E-state index in [1.165, 1.54) is 4.90 Å². The minimum Gasteiger partial charge on any atom is -0.481 e. The minimum atomic E-state index is -0.976. The average molecular weight is 448 g/mol. The Bertz CT molecular complexity index is 1190. The highest BCUT2D eigenvalue weighted by molar-refractivity contribution is 6.01. The third-order valence-corrected chi connectivity index (χ3v) is 5.34. The number of aromatic nitrogens is 3. The van der Waals surface area contributed by atoms with Crippen LogP contribution in [-0.4, -0.2) is 62.0 Å². The molecular formula is C23H24N6O4. The molecule has 0 unspecified atom stereocenters. The van der Waals surface area contributed by atoms with Crippen molar-refractivity contribution in [2.45, 2.75) is 19.9 Å². The van der Waals surface area contributed by atoms with Gasteiger partial charge in [-0.25, -0.2) is 9.97 Å². The summed E-state index contributed by atoms with van der Waals surface area (Å²) in [5.74, 6) is -0.189. The maximum atomic E-state index is 13.1. The minimum absolute atomic E-state index is 0.0744. The van der Waals surface area contributed by atoms with Gasteiger partial charge in [0, 0.05) is 43.3 Å². The van der Waals surface area contributed by atoms with Gasteiger partial charge in [-0.05, 0) is 37.3 Å². The predicted octanol–water partition coefficient (Wildman–Crippen LogP) is 1.85. The molecule has 10 nitrogen and oxygen atoms in total. The van der Waals surface area contributed by atoms with Gasteiger partial charge < -0.3 is 20.6 Å². The SMILES string of the molecule is Cc1cnc2n1-c1cc(C(=O)NCCNc3ccccn3)ccc1C(=O)N(CCC(=O)O)C2. The van der Waals surface area contributed by atoms with Crippen LogP contribution in [0.5, 0.6) is 0 Å². The van der Waals surface area contributed by atoms with Gasteiger partial charge in [-0.3, -0.25) is 19.0 Å². The molecule has 3 heterocycles. The summed E-state index contributed by atoms with van der Waals surface area (Å²) in [4.78, 5) is 46.9. The number of rotatable bonds is 8. The maximum Gasteiger partial charge on any atom is 0.305 e. The normalized spacial score (nSPS) is 12.5. The van der Waals surface area contributed by atoms with E-state index in [-0.39, 0.29) is 31.3 Å². The van der Waals surface area contributed by atoms with Crippen molar-refractivity contribution in [2.24, 2.45) is 0 Å². The number of pyridine rings is 1. The number of hydrogen-bond donors (Lipinski definition) is 3. The molecule has 0 spiro atoms. The van der Waals surface area contributed by atoms with E-state index in [1.807, 2.05) is 29.7 Å². The molecule has 1 aliphatic heterocycles. The Hall–Kier alpha value is -4.21. The number of aryl methyl sites for hydroxylation is 1. The van der Waals surface area contributed by atoms with Gasteiger partial charge in [0.15, 0.2) is 0 Å². The van der Waals surface area contributed by atoms with E-state index in [2.05, 4.69) is 20.6 Å². The molecule has 2 amide bonds. The van der Waals surface area contributed by atoms with Gasteiger partial charge in [-0.15, -0.1) is 0 Å². The van der Waals surface area contributed by atoms with Crippen LogP contribution in [0.3, 0.4) is 0 Å². The third kappa shape index (κ3) is 4.84. The number of amides is 2. The molecule has 0 radical (unpaired) electrons. The first-order valence-corrected chi connectivity index (χ1v) is 10.6. The second kappa shape index (κ2) is 9.51. The number of fused-ring (bicyclic) bond motifs is 3. The Balaban J connectivity index is 1.53. The van der Waals surface area contributed by atoms with Gasteiger partial charge in [0.05, 0.1) is 24.2 Å². The van der Waals surface area contributed by atoms with E-state index >= 15 is 0 Å². The van der Waals surface area contributed by atoms with Crippen molar-refractivity contribution in [3.63, 3.8) is 0 Å². The fourth-order valence-electron chi connectivity index (χ4n) is 3.73. The lowest BCUT2D eigenvalue weighted by Gasteiger charge is -2.19. The number of nitrogens with one attached hydrogen (secondary N) is 2. The number of carbonyl (C=O) groups excluding carboxylic acids is 2. The lowest BCUT2D eigenvalue weighted by Crippen LogP contribution is -2.32. The number of benzene rings is 1. The monoisotopic (exact) mass is 448 g/mol. The predicted molar refractivity (Wildman–Crippen MR) is 120 cm³/mol. The molecule has 0 fully saturated rings. The number of anilines is 1. The van der Waals surface area contributed by atoms with E-state index in [0.717, 1.165) is 11.5 Å². The van der Waals surface area contributed by atoms with Gasteiger partial charge in [0.1, 0.15) is 11.6 Å². The molecular weight excluding hydrogens is 424 g/mol. The zero-order valence-corrected chi connectivity index (χ0v) is 18.1. The van der Waals surface area contributed by atoms with Crippen LogP contribution in [0.25, 0.3) is 5.69 Å². The number of imidazole rings is 1. The summed E-state index contributed by atoms with van der Waals surface area (Å²) >= 11 is 0. The highest BCUT2D eigenvalue weighted by Crippen LogP contribution is 2.27. The summed E-state index contributed by atoms with van der Waals surface area (Å²) in [5, 5.41) is 15.0. The lowest BCUT2D eigenvalue weighted by molar-refractivity contribution is -0.137. The average Bonchev–Trinajstić information content (AvgIpc) is 3.13. The number of nitrogens with zero attached hydrogens (tertiary/aromatic N) is 4. The van der Waals surface area contributed by atoms with Crippen molar-refractivity contribution in [2.75, 3.05) is 25.0 Å². The topological polar surface area (TPSA) is 129 Å². The number of aliphatic carboxylic acids is 1. The summed E-state index contributed by atoms with van der Waals surface area (Å²) in [5.41, 5.74) is 2.18. The Kier molecular flexibility index (Phi) is 6.34. The summed E-state index contributed by atoms with van der Waals surface area (Å²) in [6, 6.07) is 10.4. The van der Waals surface area contributed by atoms with Gasteiger partial charge >= 0.3 is 5.97 Å². The van der Waals surface area contributed by atoms with Crippen molar-refractivity contribution < 1.29 is 19.5 Å². The Labute approximate surface area is 190 Å². The van der Waals surface area contributed by atoms with Crippen molar-refractivity contribution in [3.8, 4) is 5.69 Å². The van der Waals surface area contributed by atoms with Gasteiger partial charge in [-0.2, -0.15) is 0 Å². The van der Waals surface area contributed by atoms with Crippen LogP contribution in [0.15, 0.2) is 48.8 Å². The second-order valence-electron chi connectivity index (χ2n) is 7.65. The Morgan fingerprint density at radius 1 is 1.15 bits per heavy atom. The maximum absolute atomic E-state index is 13.1. The first-order valence-electron chi connectivity index (χ1n) is 10.6. The molecule has 0 bridgehead atoms. The zero-order chi connectivity index (χ0) is 23.4. The summed E-state index contributed by atoms with van der Waals surface area (Å²) in [6.07, 6.45) is 3.22. The Morgan fingerprint density at radius 3 is 2.76 bits per heavy atom. The summed E-state index contributed by atoms with van der Waals surface area (Å²) < 4.78 is 1.84. The molecule has 170 valence electrons. The van der Waals surface area contributed by atoms with E-state index in [0.29, 0.717) is 35.7 Å². The lowest BCUT2D eigenvalue weighted by atomic mass is 10.1. The quantitative estimate of drug-likeness (QED) is 0.449. The molecule has 10 heteroatoms. The fraction of sp³-hybridized carbons (Fsp3) is 0.261. The van der Waals surface area contributed by atoms with Crippen LogP contribution >= 0.6 is 0 Å². The summed E-state index contributed by atoms with van der Waals surface area (Å²) in [6.45, 7) is 3.04. The number of carbonyl (C=O) groups is 3. The smallest absolute Gasteiger partial charge is 0.305 e. The molecule has 3 N–H and O–H groups in total. The molecule has 3 aromatic rings. The summed E-state index contributed by atoms with van der Waals surface area (Å²) in [7, 11) is 0. The molecule has 1 aliphatic rings. The van der Waals surface area contributed by atoms with Crippen LogP contribution in [0.2, 0.25) is 0 Å². The van der Waals surface area contributed by atoms with E-state index in [4.69, 9.17) is 5.11 Å². The van der Waals surface area contributed by atoms with Gasteiger partial charge in [0.2, 0.25) is 0 Å². The van der Waals surface area contributed by atoms with E-state index in [9.17, 15) is 14.4 Å². The first-order chi connectivity index (χ1) is 15.9. The molecule has 2 aromatic heterocycles. The zero-order valence-electron chi connectivity index (χ0n) is 18.1. The third-order valence-electron chi connectivity index (χ3n) is 5.34. The first kappa shape index (κ1) is 22.0. The standard InChI is InChI=1S/C23H24N6O4/c1-15-13-27-20-14-28(11-7-21(30)31)23(33)17-6-5-16(12-18(17)29(15)20)22(32)26-10-9-25-19-4-2-3-8-24-19/h2-6,8,12-13H,7,9-11,14H2,1H3,(H,24,25)(H,26,32)(H,30,31). The second-order valence-corrected chi connectivity index (χ2v) is 7.65. The highest BCUT2D eigenvalue weighted by Gasteiger charge is 2.28. The fourth-order valence-corrected chi connectivity index (χ4v) is 3.73. The van der Waals surface area contributed by atoms with Crippen molar-refractivity contribution >= 4 is 23.6 Å². The van der Waals surface area contributed by atoms with Gasteiger partial charge in [0.25, 0.3) is 11.8 Å². The number of carboxylic acid groups (broad SMARTS) is 1. The largest absolute Gasteiger partial charge is 0.481 e. The van der Waals surface area contributed by atoms with E-state index in [1.54, 1.807) is 30.6 Å². The van der Waals surface area contributed by atoms with Crippen LogP contribution in [-0.2, 0) is 11.3 Å². The number of carboxylic acids is 1.